The quantitative estimate of drug-likeness (QED) is 0.482. The Bertz CT molecular complexity index is 680. The van der Waals surface area contributed by atoms with Crippen molar-refractivity contribution in [3.63, 3.8) is 0 Å². The van der Waals surface area contributed by atoms with Gasteiger partial charge in [0.2, 0.25) is 0 Å². The second-order valence-electron chi connectivity index (χ2n) is 9.69. The third-order valence-corrected chi connectivity index (χ3v) is 7.56. The zero-order valence-corrected chi connectivity index (χ0v) is 18.1. The van der Waals surface area contributed by atoms with Crippen LogP contribution in [0.2, 0.25) is 0 Å². The van der Waals surface area contributed by atoms with Gasteiger partial charge in [-0.1, -0.05) is 25.5 Å². The minimum Gasteiger partial charge on any atom is -0.472 e. The monoisotopic (exact) mass is 387 g/mol. The van der Waals surface area contributed by atoms with Crippen LogP contribution < -0.4 is 0 Å². The topological polar surface area (TPSA) is 42.7 Å². The predicted octanol–water partition coefficient (Wildman–Crippen LogP) is 5.10. The number of hydrogen-bond donors (Lipinski definition) is 0. The molecule has 2 saturated carbocycles. The number of carbonyl (C=O) groups is 1. The summed E-state index contributed by atoms with van der Waals surface area (Å²) in [5.74, 6) is 0.821. The molecule has 0 amide bonds. The number of hydrogen-bond acceptors (Lipinski definition) is 4. The molecule has 28 heavy (non-hydrogen) atoms. The minimum absolute atomic E-state index is 0.00590. The Hall–Kier alpha value is -1.55. The number of furan rings is 1. The van der Waals surface area contributed by atoms with Crippen molar-refractivity contribution in [2.45, 2.75) is 58.8 Å². The van der Waals surface area contributed by atoms with Crippen LogP contribution in [-0.2, 0) is 16.0 Å². The highest BCUT2D eigenvalue weighted by atomic mass is 16.5. The fraction of sp³-hybridized carbons (Fsp3) is 0.708. The number of nitrogens with zero attached hydrogens (tertiary/aromatic N) is 1. The van der Waals surface area contributed by atoms with Crippen LogP contribution in [-0.4, -0.2) is 38.1 Å². The summed E-state index contributed by atoms with van der Waals surface area (Å²) in [6, 6.07) is 2.05. The molecule has 3 rings (SSSR count). The molecule has 0 bridgehead atoms. The van der Waals surface area contributed by atoms with E-state index in [2.05, 4.69) is 31.4 Å². The molecule has 0 unspecified atom stereocenters. The molecule has 2 fully saturated rings. The van der Waals surface area contributed by atoms with Crippen LogP contribution in [0.25, 0.3) is 0 Å². The lowest BCUT2D eigenvalue weighted by Crippen LogP contribution is -2.54. The third kappa shape index (κ3) is 4.07. The van der Waals surface area contributed by atoms with Gasteiger partial charge in [0.05, 0.1) is 17.9 Å². The zero-order chi connectivity index (χ0) is 20.4. The van der Waals surface area contributed by atoms with Crippen molar-refractivity contribution in [1.29, 1.82) is 0 Å². The molecule has 4 atom stereocenters. The van der Waals surface area contributed by atoms with Crippen LogP contribution >= 0.6 is 0 Å². The van der Waals surface area contributed by atoms with Crippen molar-refractivity contribution < 1.29 is 13.9 Å². The number of esters is 1. The molecule has 0 aliphatic heterocycles. The van der Waals surface area contributed by atoms with E-state index in [-0.39, 0.29) is 16.8 Å². The van der Waals surface area contributed by atoms with Gasteiger partial charge in [-0.05, 0) is 88.4 Å². The van der Waals surface area contributed by atoms with Gasteiger partial charge in [0.1, 0.15) is 6.61 Å². The van der Waals surface area contributed by atoms with Crippen molar-refractivity contribution in [1.82, 2.24) is 4.90 Å². The van der Waals surface area contributed by atoms with E-state index >= 15 is 0 Å². The fourth-order valence-corrected chi connectivity index (χ4v) is 5.96. The molecular weight excluding hydrogens is 350 g/mol. The van der Waals surface area contributed by atoms with E-state index in [1.165, 1.54) is 17.6 Å². The third-order valence-electron chi connectivity index (χ3n) is 7.56. The molecule has 0 radical (unpaired) electrons. The molecule has 0 aromatic carbocycles. The number of aryl methyl sites for hydroxylation is 1. The molecular formula is C24H37NO3. The average Bonchev–Trinajstić information content (AvgIpc) is 3.14. The Balaban J connectivity index is 1.76. The van der Waals surface area contributed by atoms with Crippen LogP contribution in [0.1, 0.15) is 57.9 Å². The molecule has 156 valence electrons. The van der Waals surface area contributed by atoms with Gasteiger partial charge in [-0.3, -0.25) is 4.79 Å². The molecule has 2 aliphatic carbocycles. The Kier molecular flexibility index (Phi) is 6.38. The summed E-state index contributed by atoms with van der Waals surface area (Å²) in [5, 5.41) is 0. The SMILES string of the molecule is C=C1CC[C@@H]2[C@](C)(CCC[C@]2(C)C(=O)OCCN(C)C)[C@H]1CCc1ccoc1. The van der Waals surface area contributed by atoms with Crippen LogP contribution in [0.3, 0.4) is 0 Å². The smallest absolute Gasteiger partial charge is 0.312 e. The Morgan fingerprint density at radius 2 is 2.14 bits per heavy atom. The molecule has 2 aliphatic rings. The summed E-state index contributed by atoms with van der Waals surface area (Å²) in [4.78, 5) is 15.2. The first kappa shape index (κ1) is 21.2. The van der Waals surface area contributed by atoms with Crippen LogP contribution in [0.4, 0.5) is 0 Å². The maximum absolute atomic E-state index is 13.2. The molecule has 0 spiro atoms. The summed E-state index contributed by atoms with van der Waals surface area (Å²) in [6.45, 7) is 10.3. The van der Waals surface area contributed by atoms with Gasteiger partial charge in [-0.2, -0.15) is 0 Å². The highest BCUT2D eigenvalue weighted by molar-refractivity contribution is 5.77. The first-order chi connectivity index (χ1) is 13.3. The maximum atomic E-state index is 13.2. The lowest BCUT2D eigenvalue weighted by atomic mass is 9.46. The lowest BCUT2D eigenvalue weighted by Gasteiger charge is -2.57. The highest BCUT2D eigenvalue weighted by Crippen LogP contribution is 2.62. The van der Waals surface area contributed by atoms with Gasteiger partial charge in [0, 0.05) is 6.54 Å². The molecule has 4 nitrogen and oxygen atoms in total. The number of fused-ring (bicyclic) bond motifs is 1. The van der Waals surface area contributed by atoms with E-state index in [0.29, 0.717) is 18.4 Å². The standard InChI is InChI=1S/C24H37NO3/c1-18-7-10-21-23(2,20(18)9-8-19-11-15-27-17-19)12-6-13-24(21,3)22(26)28-16-14-25(4)5/h11,15,17,20-21H,1,6-10,12-14,16H2,2-5H3/t20-,21+,23+,24-/m0/s1. The first-order valence-electron chi connectivity index (χ1n) is 10.8. The number of ether oxygens (including phenoxy) is 1. The molecule has 0 saturated heterocycles. The first-order valence-corrected chi connectivity index (χ1v) is 10.8. The van der Waals surface area contributed by atoms with E-state index in [1.54, 1.807) is 6.26 Å². The summed E-state index contributed by atoms with van der Waals surface area (Å²) in [5.41, 5.74) is 2.35. The van der Waals surface area contributed by atoms with Crippen LogP contribution in [0.5, 0.6) is 0 Å². The minimum atomic E-state index is -0.381. The van der Waals surface area contributed by atoms with E-state index in [9.17, 15) is 4.79 Å². The van der Waals surface area contributed by atoms with Gasteiger partial charge in [0.25, 0.3) is 0 Å². The van der Waals surface area contributed by atoms with Gasteiger partial charge in [-0.25, -0.2) is 0 Å². The summed E-state index contributed by atoms with van der Waals surface area (Å²) in [7, 11) is 4.01. The molecule has 4 heteroatoms. The van der Waals surface area contributed by atoms with Crippen molar-refractivity contribution >= 4 is 5.97 Å². The van der Waals surface area contributed by atoms with Crippen molar-refractivity contribution in [3.8, 4) is 0 Å². The molecule has 0 N–H and O–H groups in total. The number of carbonyl (C=O) groups excluding carboxylic acids is 1. The Morgan fingerprint density at radius 1 is 1.36 bits per heavy atom. The number of rotatable bonds is 7. The molecule has 1 heterocycles. The Morgan fingerprint density at radius 3 is 2.82 bits per heavy atom. The second-order valence-corrected chi connectivity index (χ2v) is 9.69. The average molecular weight is 388 g/mol. The lowest BCUT2D eigenvalue weighted by molar-refractivity contribution is -0.171. The van der Waals surface area contributed by atoms with Gasteiger partial charge in [0.15, 0.2) is 0 Å². The number of allylic oxidation sites excluding steroid dienone is 1. The Labute approximate surface area is 170 Å². The summed E-state index contributed by atoms with van der Waals surface area (Å²) >= 11 is 0. The fourth-order valence-electron chi connectivity index (χ4n) is 5.96. The van der Waals surface area contributed by atoms with Gasteiger partial charge in [-0.15, -0.1) is 0 Å². The van der Waals surface area contributed by atoms with E-state index in [1.807, 2.05) is 20.4 Å². The van der Waals surface area contributed by atoms with Crippen molar-refractivity contribution in [2.24, 2.45) is 22.7 Å². The van der Waals surface area contributed by atoms with Crippen LogP contribution in [0.15, 0.2) is 35.2 Å². The molecule has 1 aromatic rings. The summed E-state index contributed by atoms with van der Waals surface area (Å²) in [6.07, 6.45) is 11.0. The maximum Gasteiger partial charge on any atom is 0.312 e. The van der Waals surface area contributed by atoms with Crippen LogP contribution in [0, 0.1) is 22.7 Å². The number of likely N-dealkylation sites (N-methyl/N-ethyl adjacent to an activating group) is 1. The predicted molar refractivity (Wildman–Crippen MR) is 112 cm³/mol. The van der Waals surface area contributed by atoms with Crippen molar-refractivity contribution in [2.75, 3.05) is 27.2 Å². The highest BCUT2D eigenvalue weighted by Gasteiger charge is 2.57. The van der Waals surface area contributed by atoms with E-state index in [4.69, 9.17) is 9.15 Å². The van der Waals surface area contributed by atoms with Crippen molar-refractivity contribution in [3.05, 3.63) is 36.3 Å². The zero-order valence-electron chi connectivity index (χ0n) is 18.1. The summed E-state index contributed by atoms with van der Waals surface area (Å²) < 4.78 is 11.0. The largest absolute Gasteiger partial charge is 0.472 e. The van der Waals surface area contributed by atoms with E-state index in [0.717, 1.165) is 45.1 Å². The second kappa shape index (κ2) is 8.44. The van der Waals surface area contributed by atoms with Gasteiger partial charge < -0.3 is 14.1 Å². The normalized spacial score (nSPS) is 33.0. The molecule has 1 aromatic heterocycles. The van der Waals surface area contributed by atoms with E-state index < -0.39 is 0 Å². The van der Waals surface area contributed by atoms with Gasteiger partial charge >= 0.3 is 5.97 Å².